The van der Waals surface area contributed by atoms with E-state index in [2.05, 4.69) is 10.5 Å². The summed E-state index contributed by atoms with van der Waals surface area (Å²) in [4.78, 5) is 12.6. The Morgan fingerprint density at radius 2 is 1.90 bits per heavy atom. The molecule has 0 heterocycles. The Bertz CT molecular complexity index is 519. The number of carbonyl (C=O) groups is 1. The number of carbonyl (C=O) groups excluding carboxylic acids is 1. The first-order chi connectivity index (χ1) is 10.1. The number of nitrogens with zero attached hydrogens (tertiary/aromatic N) is 1. The molecule has 1 aliphatic carbocycles. The number of nitrogens with one attached hydrogen (secondary N) is 1. The zero-order valence-electron chi connectivity index (χ0n) is 12.1. The van der Waals surface area contributed by atoms with Gasteiger partial charge in [0.2, 0.25) is 5.91 Å². The van der Waals surface area contributed by atoms with E-state index in [1.54, 1.807) is 31.4 Å². The second kappa shape index (κ2) is 6.47. The maximum atomic E-state index is 12.6. The number of amides is 1. The van der Waals surface area contributed by atoms with E-state index >= 15 is 0 Å². The van der Waals surface area contributed by atoms with Crippen LogP contribution in [0, 0.1) is 5.41 Å². The second-order valence-corrected chi connectivity index (χ2v) is 5.31. The van der Waals surface area contributed by atoms with Crippen LogP contribution in [0.5, 0.6) is 5.75 Å². The quantitative estimate of drug-likeness (QED) is 0.343. The minimum Gasteiger partial charge on any atom is -0.497 e. The smallest absolute Gasteiger partial charge is 0.238 e. The molecule has 0 spiro atoms. The number of anilines is 1. The van der Waals surface area contributed by atoms with Crippen molar-refractivity contribution in [3.63, 3.8) is 0 Å². The third kappa shape index (κ3) is 3.09. The molecule has 0 unspecified atom stereocenters. The normalized spacial score (nSPS) is 18.0. The molecule has 0 saturated heterocycles. The van der Waals surface area contributed by atoms with Crippen molar-refractivity contribution in [3.05, 3.63) is 24.3 Å². The molecule has 1 aromatic carbocycles. The van der Waals surface area contributed by atoms with Gasteiger partial charge in [0.15, 0.2) is 5.84 Å². The number of rotatable bonds is 4. The summed E-state index contributed by atoms with van der Waals surface area (Å²) in [6.45, 7) is 0. The highest BCUT2D eigenvalue weighted by atomic mass is 16.5. The Kier molecular flexibility index (Phi) is 4.67. The molecule has 0 radical (unpaired) electrons. The molecule has 1 saturated carbocycles. The number of hydrogen-bond acceptors (Lipinski definition) is 4. The lowest BCUT2D eigenvalue weighted by atomic mass is 9.72. The van der Waals surface area contributed by atoms with Crippen molar-refractivity contribution in [2.24, 2.45) is 16.3 Å². The van der Waals surface area contributed by atoms with E-state index < -0.39 is 5.41 Å². The third-order valence-corrected chi connectivity index (χ3v) is 4.09. The SMILES string of the molecule is COc1ccc(NC(=O)C2(C(N)=NO)CCCCC2)cc1. The average Bonchev–Trinajstić information content (AvgIpc) is 2.55. The third-order valence-electron chi connectivity index (χ3n) is 4.09. The lowest BCUT2D eigenvalue weighted by Crippen LogP contribution is -2.48. The van der Waals surface area contributed by atoms with E-state index in [9.17, 15) is 4.79 Å². The van der Waals surface area contributed by atoms with Gasteiger partial charge in [-0.15, -0.1) is 0 Å². The van der Waals surface area contributed by atoms with Crippen molar-refractivity contribution in [2.75, 3.05) is 12.4 Å². The topological polar surface area (TPSA) is 96.9 Å². The van der Waals surface area contributed by atoms with Crippen LogP contribution < -0.4 is 15.8 Å². The fraction of sp³-hybridized carbons (Fsp3) is 0.467. The first-order valence-corrected chi connectivity index (χ1v) is 7.06. The molecule has 21 heavy (non-hydrogen) atoms. The molecule has 1 amide bonds. The number of benzene rings is 1. The molecule has 6 heteroatoms. The maximum absolute atomic E-state index is 12.6. The molecule has 0 aromatic heterocycles. The summed E-state index contributed by atoms with van der Waals surface area (Å²) in [6.07, 6.45) is 4.06. The molecule has 4 N–H and O–H groups in total. The molecule has 1 fully saturated rings. The predicted molar refractivity (Wildman–Crippen MR) is 80.6 cm³/mol. The number of oxime groups is 1. The second-order valence-electron chi connectivity index (χ2n) is 5.31. The molecular formula is C15H21N3O3. The molecule has 2 rings (SSSR count). The van der Waals surface area contributed by atoms with Gasteiger partial charge in [-0.1, -0.05) is 24.4 Å². The van der Waals surface area contributed by atoms with E-state index in [-0.39, 0.29) is 11.7 Å². The number of ether oxygens (including phenoxy) is 1. The molecule has 1 aromatic rings. The van der Waals surface area contributed by atoms with Gasteiger partial charge in [-0.2, -0.15) is 0 Å². The van der Waals surface area contributed by atoms with Crippen LogP contribution in [0.2, 0.25) is 0 Å². The van der Waals surface area contributed by atoms with Crippen LogP contribution in [-0.2, 0) is 4.79 Å². The van der Waals surface area contributed by atoms with Crippen LogP contribution in [0.4, 0.5) is 5.69 Å². The van der Waals surface area contributed by atoms with Gasteiger partial charge in [0, 0.05) is 5.69 Å². The Labute approximate surface area is 124 Å². The molecule has 114 valence electrons. The molecule has 1 aliphatic rings. The van der Waals surface area contributed by atoms with Crippen molar-refractivity contribution in [2.45, 2.75) is 32.1 Å². The van der Waals surface area contributed by atoms with Crippen LogP contribution in [0.15, 0.2) is 29.4 Å². The zero-order valence-corrected chi connectivity index (χ0v) is 12.1. The van der Waals surface area contributed by atoms with Crippen molar-refractivity contribution < 1.29 is 14.7 Å². The molecular weight excluding hydrogens is 270 g/mol. The number of nitrogens with two attached hydrogens (primary N) is 1. The van der Waals surface area contributed by atoms with E-state index in [0.717, 1.165) is 25.0 Å². The highest BCUT2D eigenvalue weighted by molar-refractivity contribution is 6.11. The van der Waals surface area contributed by atoms with E-state index in [1.165, 1.54) is 0 Å². The van der Waals surface area contributed by atoms with Crippen molar-refractivity contribution in [1.29, 1.82) is 0 Å². The Morgan fingerprint density at radius 3 is 2.43 bits per heavy atom. The standard InChI is InChI=1S/C15H21N3O3/c1-21-12-7-5-11(6-8-12)17-14(19)15(13(16)18-20)9-3-2-4-10-15/h5-8,20H,2-4,9-10H2,1H3,(H2,16,18)(H,17,19). The van der Waals surface area contributed by atoms with Crippen LogP contribution in [0.1, 0.15) is 32.1 Å². The fourth-order valence-corrected chi connectivity index (χ4v) is 2.78. The number of amidine groups is 1. The summed E-state index contributed by atoms with van der Waals surface area (Å²) in [5, 5.41) is 14.9. The fourth-order valence-electron chi connectivity index (χ4n) is 2.78. The van der Waals surface area contributed by atoms with Crippen LogP contribution in [-0.4, -0.2) is 24.1 Å². The van der Waals surface area contributed by atoms with Crippen LogP contribution in [0.25, 0.3) is 0 Å². The van der Waals surface area contributed by atoms with Gasteiger partial charge in [0.05, 0.1) is 7.11 Å². The van der Waals surface area contributed by atoms with Gasteiger partial charge >= 0.3 is 0 Å². The lowest BCUT2D eigenvalue weighted by molar-refractivity contribution is -0.123. The predicted octanol–water partition coefficient (Wildman–Crippen LogP) is 2.33. The van der Waals surface area contributed by atoms with Gasteiger partial charge in [-0.3, -0.25) is 4.79 Å². The van der Waals surface area contributed by atoms with Gasteiger partial charge in [0.25, 0.3) is 0 Å². The van der Waals surface area contributed by atoms with Crippen molar-refractivity contribution in [1.82, 2.24) is 0 Å². The number of hydrogen-bond donors (Lipinski definition) is 3. The monoisotopic (exact) mass is 291 g/mol. The Balaban J connectivity index is 2.18. The number of methoxy groups -OCH3 is 1. The molecule has 0 atom stereocenters. The van der Waals surface area contributed by atoms with E-state index in [0.29, 0.717) is 18.5 Å². The summed E-state index contributed by atoms with van der Waals surface area (Å²) in [5.41, 5.74) is 5.56. The van der Waals surface area contributed by atoms with E-state index in [1.807, 2.05) is 0 Å². The summed E-state index contributed by atoms with van der Waals surface area (Å²) in [6, 6.07) is 7.07. The Hall–Kier alpha value is -2.24. The zero-order chi connectivity index (χ0) is 15.3. The molecule has 6 nitrogen and oxygen atoms in total. The summed E-state index contributed by atoms with van der Waals surface area (Å²) in [5.74, 6) is 0.493. The van der Waals surface area contributed by atoms with Crippen molar-refractivity contribution >= 4 is 17.4 Å². The van der Waals surface area contributed by atoms with Gasteiger partial charge in [0.1, 0.15) is 11.2 Å². The highest BCUT2D eigenvalue weighted by Gasteiger charge is 2.43. The molecule has 0 aliphatic heterocycles. The van der Waals surface area contributed by atoms with E-state index in [4.69, 9.17) is 15.7 Å². The van der Waals surface area contributed by atoms with Crippen LogP contribution in [0.3, 0.4) is 0 Å². The first kappa shape index (κ1) is 15.2. The van der Waals surface area contributed by atoms with Gasteiger partial charge < -0.3 is 21.0 Å². The average molecular weight is 291 g/mol. The minimum absolute atomic E-state index is 0.00629. The largest absolute Gasteiger partial charge is 0.497 e. The van der Waals surface area contributed by atoms with Crippen molar-refractivity contribution in [3.8, 4) is 5.75 Å². The maximum Gasteiger partial charge on any atom is 0.238 e. The highest BCUT2D eigenvalue weighted by Crippen LogP contribution is 2.37. The first-order valence-electron chi connectivity index (χ1n) is 7.06. The summed E-state index contributed by atoms with van der Waals surface area (Å²) < 4.78 is 5.08. The Morgan fingerprint density at radius 1 is 1.29 bits per heavy atom. The van der Waals surface area contributed by atoms with Crippen LogP contribution >= 0.6 is 0 Å². The minimum atomic E-state index is -0.910. The van der Waals surface area contributed by atoms with Gasteiger partial charge in [-0.05, 0) is 37.1 Å². The lowest BCUT2D eigenvalue weighted by Gasteiger charge is -2.34. The summed E-state index contributed by atoms with van der Waals surface area (Å²) in [7, 11) is 1.59. The van der Waals surface area contributed by atoms with Gasteiger partial charge in [-0.25, -0.2) is 0 Å². The summed E-state index contributed by atoms with van der Waals surface area (Å²) >= 11 is 0. The molecule has 0 bridgehead atoms.